The Morgan fingerprint density at radius 2 is 2.00 bits per heavy atom. The van der Waals surface area contributed by atoms with E-state index in [4.69, 9.17) is 9.15 Å². The highest BCUT2D eigenvalue weighted by atomic mass is 32.2. The van der Waals surface area contributed by atoms with Crippen LogP contribution in [0.2, 0.25) is 0 Å². The summed E-state index contributed by atoms with van der Waals surface area (Å²) in [7, 11) is -1.87. The first kappa shape index (κ1) is 22.5. The van der Waals surface area contributed by atoms with Gasteiger partial charge in [0.25, 0.3) is 0 Å². The fraction of sp³-hybridized carbons (Fsp3) is 0.350. The van der Waals surface area contributed by atoms with Gasteiger partial charge in [0.05, 0.1) is 30.1 Å². The number of ether oxygens (including phenoxy) is 1. The Morgan fingerprint density at radius 1 is 1.22 bits per heavy atom. The van der Waals surface area contributed by atoms with Crippen LogP contribution >= 0.6 is 11.8 Å². The summed E-state index contributed by atoms with van der Waals surface area (Å²) in [5.74, 6) is 0.958. The number of anilines is 1. The van der Waals surface area contributed by atoms with E-state index in [9.17, 15) is 13.2 Å². The van der Waals surface area contributed by atoms with Gasteiger partial charge < -0.3 is 19.0 Å². The SMILES string of the molecule is Cc1ccc(NC(=O)CSc2nnc(-c3ccco3)n2C)cc1S(=O)(=O)N1CCOCC1. The summed E-state index contributed by atoms with van der Waals surface area (Å²) in [6.07, 6.45) is 1.55. The van der Waals surface area contributed by atoms with Gasteiger partial charge >= 0.3 is 0 Å². The van der Waals surface area contributed by atoms with Crippen LogP contribution in [0.1, 0.15) is 5.56 Å². The summed E-state index contributed by atoms with van der Waals surface area (Å²) in [6, 6.07) is 8.42. The van der Waals surface area contributed by atoms with Gasteiger partial charge in [-0.1, -0.05) is 17.8 Å². The molecule has 0 spiro atoms. The Bertz CT molecular complexity index is 1200. The summed E-state index contributed by atoms with van der Waals surface area (Å²) >= 11 is 1.22. The lowest BCUT2D eigenvalue weighted by Gasteiger charge is -2.26. The molecule has 0 atom stereocenters. The van der Waals surface area contributed by atoms with E-state index in [1.54, 1.807) is 49.1 Å². The molecule has 32 heavy (non-hydrogen) atoms. The molecule has 0 bridgehead atoms. The molecule has 0 radical (unpaired) electrons. The number of sulfonamides is 1. The molecule has 1 saturated heterocycles. The number of thioether (sulfide) groups is 1. The van der Waals surface area contributed by atoms with Gasteiger partial charge in [-0.15, -0.1) is 10.2 Å². The van der Waals surface area contributed by atoms with Crippen molar-refractivity contribution in [2.24, 2.45) is 7.05 Å². The third-order valence-electron chi connectivity index (χ3n) is 4.97. The van der Waals surface area contributed by atoms with Gasteiger partial charge in [-0.05, 0) is 36.8 Å². The molecule has 170 valence electrons. The number of carbonyl (C=O) groups excluding carboxylic acids is 1. The molecule has 0 saturated carbocycles. The van der Waals surface area contributed by atoms with Gasteiger partial charge in [-0.25, -0.2) is 8.42 Å². The van der Waals surface area contributed by atoms with Gasteiger partial charge in [0.15, 0.2) is 16.7 Å². The predicted molar refractivity (Wildman–Crippen MR) is 119 cm³/mol. The molecule has 12 heteroatoms. The van der Waals surface area contributed by atoms with Crippen LogP contribution < -0.4 is 5.32 Å². The maximum Gasteiger partial charge on any atom is 0.243 e. The minimum Gasteiger partial charge on any atom is -0.461 e. The van der Waals surface area contributed by atoms with Crippen LogP contribution in [0.3, 0.4) is 0 Å². The molecule has 0 unspecified atom stereocenters. The molecule has 4 rings (SSSR count). The van der Waals surface area contributed by atoms with Crippen molar-refractivity contribution in [2.75, 3.05) is 37.4 Å². The lowest BCUT2D eigenvalue weighted by atomic mass is 10.2. The maximum atomic E-state index is 13.0. The number of amides is 1. The van der Waals surface area contributed by atoms with Crippen LogP contribution in [-0.2, 0) is 26.6 Å². The van der Waals surface area contributed by atoms with Gasteiger partial charge in [-0.2, -0.15) is 4.31 Å². The van der Waals surface area contributed by atoms with Crippen molar-refractivity contribution < 1.29 is 22.4 Å². The summed E-state index contributed by atoms with van der Waals surface area (Å²) < 4.78 is 39.8. The zero-order chi connectivity index (χ0) is 22.7. The number of benzene rings is 1. The first-order valence-corrected chi connectivity index (χ1v) is 12.3. The second kappa shape index (κ2) is 9.45. The number of furan rings is 1. The average molecular weight is 478 g/mol. The van der Waals surface area contributed by atoms with Crippen LogP contribution in [0.4, 0.5) is 5.69 Å². The van der Waals surface area contributed by atoms with Crippen molar-refractivity contribution in [2.45, 2.75) is 17.0 Å². The minimum absolute atomic E-state index is 0.0869. The van der Waals surface area contributed by atoms with E-state index in [0.29, 0.717) is 54.3 Å². The van der Waals surface area contributed by atoms with Crippen molar-refractivity contribution in [3.05, 3.63) is 42.2 Å². The minimum atomic E-state index is -3.66. The van der Waals surface area contributed by atoms with E-state index in [1.807, 2.05) is 0 Å². The molecular weight excluding hydrogens is 454 g/mol. The zero-order valence-corrected chi connectivity index (χ0v) is 19.3. The molecular formula is C20H23N5O5S2. The van der Waals surface area contributed by atoms with Crippen LogP contribution in [0.15, 0.2) is 51.1 Å². The number of hydrogen-bond donors (Lipinski definition) is 1. The number of hydrogen-bond acceptors (Lipinski definition) is 8. The second-order valence-electron chi connectivity index (χ2n) is 7.18. The van der Waals surface area contributed by atoms with Crippen molar-refractivity contribution in [3.63, 3.8) is 0 Å². The number of nitrogens with zero attached hydrogens (tertiary/aromatic N) is 4. The van der Waals surface area contributed by atoms with Gasteiger partial charge in [0.1, 0.15) is 0 Å². The first-order valence-electron chi connectivity index (χ1n) is 9.91. The molecule has 3 aromatic rings. The molecule has 1 amide bonds. The van der Waals surface area contributed by atoms with Gasteiger partial charge in [-0.3, -0.25) is 4.79 Å². The third kappa shape index (κ3) is 4.72. The molecule has 3 heterocycles. The fourth-order valence-electron chi connectivity index (χ4n) is 3.27. The van der Waals surface area contributed by atoms with E-state index < -0.39 is 10.0 Å². The van der Waals surface area contributed by atoms with Crippen LogP contribution in [0, 0.1) is 6.92 Å². The van der Waals surface area contributed by atoms with E-state index in [2.05, 4.69) is 15.5 Å². The summed E-state index contributed by atoms with van der Waals surface area (Å²) in [4.78, 5) is 12.7. The van der Waals surface area contributed by atoms with Crippen molar-refractivity contribution in [3.8, 4) is 11.6 Å². The third-order valence-corrected chi connectivity index (χ3v) is 8.03. The first-order chi connectivity index (χ1) is 15.4. The Balaban J connectivity index is 1.42. The van der Waals surface area contributed by atoms with E-state index in [0.717, 1.165) is 0 Å². The molecule has 1 aliphatic heterocycles. The lowest BCUT2D eigenvalue weighted by molar-refractivity contribution is -0.113. The number of nitrogens with one attached hydrogen (secondary N) is 1. The standard InChI is InChI=1S/C20H23N5O5S2/c1-14-5-6-15(12-17(14)32(27,28)25-7-10-29-11-8-25)21-18(26)13-31-20-23-22-19(24(20)2)16-4-3-9-30-16/h3-6,9,12H,7-8,10-11,13H2,1-2H3,(H,21,26). The number of morpholine rings is 1. The summed E-state index contributed by atoms with van der Waals surface area (Å²) in [5.41, 5.74) is 1.04. The van der Waals surface area contributed by atoms with Crippen molar-refractivity contribution >= 4 is 33.4 Å². The van der Waals surface area contributed by atoms with Gasteiger partial charge in [0.2, 0.25) is 15.9 Å². The Labute approximate surface area is 190 Å². The fourth-order valence-corrected chi connectivity index (χ4v) is 5.64. The van der Waals surface area contributed by atoms with Crippen LogP contribution in [0.25, 0.3) is 11.6 Å². The van der Waals surface area contributed by atoms with Crippen LogP contribution in [0.5, 0.6) is 0 Å². The maximum absolute atomic E-state index is 13.0. The molecule has 1 N–H and O–H groups in total. The monoisotopic (exact) mass is 477 g/mol. The molecule has 2 aromatic heterocycles. The lowest BCUT2D eigenvalue weighted by Crippen LogP contribution is -2.40. The smallest absolute Gasteiger partial charge is 0.243 e. The highest BCUT2D eigenvalue weighted by Crippen LogP contribution is 2.26. The summed E-state index contributed by atoms with van der Waals surface area (Å²) in [5, 5.41) is 11.5. The average Bonchev–Trinajstić information content (AvgIpc) is 3.44. The second-order valence-corrected chi connectivity index (χ2v) is 10.0. The molecule has 1 aromatic carbocycles. The number of aromatic nitrogens is 3. The zero-order valence-electron chi connectivity index (χ0n) is 17.6. The molecule has 10 nitrogen and oxygen atoms in total. The Hall–Kier alpha value is -2.67. The number of carbonyl (C=O) groups is 1. The topological polar surface area (TPSA) is 120 Å². The normalized spacial score (nSPS) is 15.1. The summed E-state index contributed by atoms with van der Waals surface area (Å²) in [6.45, 7) is 3.10. The van der Waals surface area contributed by atoms with E-state index >= 15 is 0 Å². The number of aryl methyl sites for hydroxylation is 1. The van der Waals surface area contributed by atoms with Gasteiger partial charge in [0, 0.05) is 25.8 Å². The van der Waals surface area contributed by atoms with E-state index in [-0.39, 0.29) is 16.6 Å². The molecule has 1 aliphatic rings. The molecule has 1 fully saturated rings. The highest BCUT2D eigenvalue weighted by Gasteiger charge is 2.28. The predicted octanol–water partition coefficient (Wildman–Crippen LogP) is 2.14. The largest absolute Gasteiger partial charge is 0.461 e. The quantitative estimate of drug-likeness (QED) is 0.514. The Kier molecular flexibility index (Phi) is 6.65. The highest BCUT2D eigenvalue weighted by molar-refractivity contribution is 7.99. The number of rotatable bonds is 7. The molecule has 0 aliphatic carbocycles. The van der Waals surface area contributed by atoms with Crippen LogP contribution in [-0.4, -0.2) is 65.5 Å². The Morgan fingerprint density at radius 3 is 2.72 bits per heavy atom. The van der Waals surface area contributed by atoms with Crippen molar-refractivity contribution in [1.82, 2.24) is 19.1 Å². The van der Waals surface area contributed by atoms with Crippen molar-refractivity contribution in [1.29, 1.82) is 0 Å². The van der Waals surface area contributed by atoms with E-state index in [1.165, 1.54) is 22.1 Å².